The van der Waals surface area contributed by atoms with Crippen LogP contribution in [0.25, 0.3) is 0 Å². The number of halogens is 3. The van der Waals surface area contributed by atoms with Crippen molar-refractivity contribution in [1.82, 2.24) is 5.32 Å². The van der Waals surface area contributed by atoms with Crippen molar-refractivity contribution in [2.45, 2.75) is 0 Å². The first-order valence-electron chi connectivity index (χ1n) is 4.37. The van der Waals surface area contributed by atoms with Crippen LogP contribution in [0.15, 0.2) is 17.1 Å². The first-order chi connectivity index (χ1) is 7.16. The first kappa shape index (κ1) is 9.82. The zero-order chi connectivity index (χ0) is 10.8. The molecule has 1 aromatic carbocycles. The van der Waals surface area contributed by atoms with Gasteiger partial charge in [-0.25, -0.2) is 13.2 Å². The second-order valence-electron chi connectivity index (χ2n) is 3.03. The zero-order valence-corrected chi connectivity index (χ0v) is 7.65. The van der Waals surface area contributed by atoms with Crippen LogP contribution < -0.4 is 10.6 Å². The summed E-state index contributed by atoms with van der Waals surface area (Å²) < 4.78 is 38.8. The molecule has 1 aromatic rings. The van der Waals surface area contributed by atoms with E-state index < -0.39 is 23.1 Å². The van der Waals surface area contributed by atoms with Crippen LogP contribution >= 0.6 is 0 Å². The number of hydrogen-bond acceptors (Lipinski definition) is 3. The highest BCUT2D eigenvalue weighted by Crippen LogP contribution is 2.20. The number of benzene rings is 1. The molecule has 0 atom stereocenters. The predicted molar refractivity (Wildman–Crippen MR) is 50.2 cm³/mol. The average Bonchev–Trinajstić information content (AvgIpc) is 2.63. The van der Waals surface area contributed by atoms with E-state index in [0.29, 0.717) is 31.2 Å². The van der Waals surface area contributed by atoms with Gasteiger partial charge in [-0.2, -0.15) is 0 Å². The van der Waals surface area contributed by atoms with Gasteiger partial charge in [-0.3, -0.25) is 4.99 Å². The topological polar surface area (TPSA) is 36.4 Å². The molecule has 6 heteroatoms. The fourth-order valence-electron chi connectivity index (χ4n) is 1.26. The lowest BCUT2D eigenvalue weighted by atomic mass is 10.3. The Kier molecular flexibility index (Phi) is 2.49. The highest BCUT2D eigenvalue weighted by molar-refractivity contribution is 5.94. The normalized spacial score (nSPS) is 14.7. The van der Waals surface area contributed by atoms with E-state index in [2.05, 4.69) is 15.6 Å². The minimum absolute atomic E-state index is 0.291. The summed E-state index contributed by atoms with van der Waals surface area (Å²) in [6, 6.07) is 1.22. The number of rotatable bonds is 1. The Labute approximate surface area is 84.0 Å². The van der Waals surface area contributed by atoms with Crippen LogP contribution in [0, 0.1) is 17.5 Å². The van der Waals surface area contributed by atoms with Crippen molar-refractivity contribution in [2.75, 3.05) is 18.4 Å². The van der Waals surface area contributed by atoms with Crippen LogP contribution in [0.4, 0.5) is 18.9 Å². The summed E-state index contributed by atoms with van der Waals surface area (Å²) in [4.78, 5) is 3.90. The van der Waals surface area contributed by atoms with Gasteiger partial charge in [-0.15, -0.1) is 0 Å². The van der Waals surface area contributed by atoms with E-state index in [0.717, 1.165) is 0 Å². The van der Waals surface area contributed by atoms with Gasteiger partial charge >= 0.3 is 0 Å². The Morgan fingerprint density at radius 2 is 1.87 bits per heavy atom. The summed E-state index contributed by atoms with van der Waals surface area (Å²) in [6.45, 7) is 1.17. The molecular formula is C9H8F3N3. The molecule has 0 bridgehead atoms. The van der Waals surface area contributed by atoms with Gasteiger partial charge in [0.05, 0.1) is 6.54 Å². The summed E-state index contributed by atoms with van der Waals surface area (Å²) in [6.07, 6.45) is 0. The van der Waals surface area contributed by atoms with E-state index in [9.17, 15) is 13.2 Å². The number of aliphatic imine (C=N–C) groups is 1. The number of anilines is 1. The highest BCUT2D eigenvalue weighted by atomic mass is 19.1. The molecule has 80 valence electrons. The van der Waals surface area contributed by atoms with Gasteiger partial charge in [0.15, 0.2) is 17.6 Å². The molecule has 0 aromatic heterocycles. The van der Waals surface area contributed by atoms with E-state index in [1.807, 2.05) is 0 Å². The average molecular weight is 215 g/mol. The van der Waals surface area contributed by atoms with Gasteiger partial charge in [0.1, 0.15) is 11.5 Å². The number of nitrogens with one attached hydrogen (secondary N) is 2. The molecule has 1 aliphatic rings. The van der Waals surface area contributed by atoms with Gasteiger partial charge in [0.2, 0.25) is 0 Å². The second kappa shape index (κ2) is 3.80. The molecule has 0 fully saturated rings. The van der Waals surface area contributed by atoms with Crippen molar-refractivity contribution in [2.24, 2.45) is 4.99 Å². The molecule has 2 rings (SSSR count). The molecular weight excluding hydrogens is 207 g/mol. The van der Waals surface area contributed by atoms with Crippen LogP contribution in [0.2, 0.25) is 0 Å². The van der Waals surface area contributed by atoms with E-state index in [1.54, 1.807) is 0 Å². The lowest BCUT2D eigenvalue weighted by Crippen LogP contribution is -2.27. The second-order valence-corrected chi connectivity index (χ2v) is 3.03. The van der Waals surface area contributed by atoms with Gasteiger partial charge in [0.25, 0.3) is 0 Å². The number of hydrogen-bond donors (Lipinski definition) is 2. The highest BCUT2D eigenvalue weighted by Gasteiger charge is 2.14. The summed E-state index contributed by atoms with van der Waals surface area (Å²) in [5, 5.41) is 5.21. The van der Waals surface area contributed by atoms with E-state index in [-0.39, 0.29) is 0 Å². The molecule has 1 heterocycles. The largest absolute Gasteiger partial charge is 0.354 e. The smallest absolute Gasteiger partial charge is 0.196 e. The molecule has 0 saturated carbocycles. The molecule has 3 nitrogen and oxygen atoms in total. The van der Waals surface area contributed by atoms with Crippen molar-refractivity contribution in [3.63, 3.8) is 0 Å². The van der Waals surface area contributed by atoms with Gasteiger partial charge in [0, 0.05) is 18.7 Å². The quantitative estimate of drug-likeness (QED) is 0.744. The van der Waals surface area contributed by atoms with Crippen molar-refractivity contribution < 1.29 is 13.2 Å². The summed E-state index contributed by atoms with van der Waals surface area (Å²) in [7, 11) is 0. The lowest BCUT2D eigenvalue weighted by molar-refractivity contribution is 0.549. The van der Waals surface area contributed by atoms with E-state index in [4.69, 9.17) is 0 Å². The van der Waals surface area contributed by atoms with Crippen LogP contribution in [0.3, 0.4) is 0 Å². The molecule has 15 heavy (non-hydrogen) atoms. The summed E-state index contributed by atoms with van der Waals surface area (Å²) in [5.41, 5.74) is -0.399. The van der Waals surface area contributed by atoms with Crippen LogP contribution in [-0.4, -0.2) is 19.0 Å². The molecule has 0 saturated heterocycles. The predicted octanol–water partition coefficient (Wildman–Crippen LogP) is 1.47. The van der Waals surface area contributed by atoms with Crippen molar-refractivity contribution in [1.29, 1.82) is 0 Å². The maximum Gasteiger partial charge on any atom is 0.196 e. The lowest BCUT2D eigenvalue weighted by Gasteiger charge is -2.08. The third kappa shape index (κ3) is 2.03. The summed E-state index contributed by atoms with van der Waals surface area (Å²) in [5.74, 6) is -2.62. The van der Waals surface area contributed by atoms with Crippen molar-refractivity contribution in [3.05, 3.63) is 29.6 Å². The van der Waals surface area contributed by atoms with Gasteiger partial charge in [-0.1, -0.05) is 0 Å². The first-order valence-corrected chi connectivity index (χ1v) is 4.37. The van der Waals surface area contributed by atoms with E-state index >= 15 is 0 Å². The third-order valence-corrected chi connectivity index (χ3v) is 1.92. The third-order valence-electron chi connectivity index (χ3n) is 1.92. The van der Waals surface area contributed by atoms with Crippen molar-refractivity contribution in [3.8, 4) is 0 Å². The standard InChI is InChI=1S/C9H8F3N3/c10-5-3-6(11)8(7(12)4-5)15-9-13-1-2-14-9/h3-4H,1-2H2,(H2,13,14,15). The Morgan fingerprint density at radius 3 is 2.40 bits per heavy atom. The molecule has 0 aliphatic carbocycles. The van der Waals surface area contributed by atoms with Gasteiger partial charge in [-0.05, 0) is 0 Å². The van der Waals surface area contributed by atoms with Crippen LogP contribution in [-0.2, 0) is 0 Å². The fraction of sp³-hybridized carbons (Fsp3) is 0.222. The number of nitrogens with zero attached hydrogens (tertiary/aromatic N) is 1. The Balaban J connectivity index is 2.27. The molecule has 1 aliphatic heterocycles. The van der Waals surface area contributed by atoms with Crippen LogP contribution in [0.5, 0.6) is 0 Å². The maximum atomic E-state index is 13.1. The molecule has 0 spiro atoms. The SMILES string of the molecule is Fc1cc(F)c(NC2=NCCN2)c(F)c1. The zero-order valence-electron chi connectivity index (χ0n) is 7.65. The minimum Gasteiger partial charge on any atom is -0.354 e. The number of guanidine groups is 1. The van der Waals surface area contributed by atoms with Crippen LogP contribution in [0.1, 0.15) is 0 Å². The van der Waals surface area contributed by atoms with E-state index in [1.165, 1.54) is 0 Å². The van der Waals surface area contributed by atoms with Gasteiger partial charge < -0.3 is 10.6 Å². The van der Waals surface area contributed by atoms with Crippen molar-refractivity contribution >= 4 is 11.6 Å². The Bertz CT molecular complexity index is 394. The molecule has 0 radical (unpaired) electrons. The maximum absolute atomic E-state index is 13.1. The minimum atomic E-state index is -0.982. The molecule has 2 N–H and O–H groups in total. The molecule has 0 amide bonds. The monoisotopic (exact) mass is 215 g/mol. The Morgan fingerprint density at radius 1 is 1.20 bits per heavy atom. The molecule has 0 unspecified atom stereocenters. The fourth-order valence-corrected chi connectivity index (χ4v) is 1.26. The Hall–Kier alpha value is -1.72. The summed E-state index contributed by atoms with van der Waals surface area (Å²) >= 11 is 0.